The Morgan fingerprint density at radius 1 is 1.32 bits per heavy atom. The number of likely N-dealkylation sites (tertiary alicyclic amines) is 1. The van der Waals surface area contributed by atoms with Crippen LogP contribution >= 0.6 is 24.0 Å². The number of aromatic nitrogens is 1. The summed E-state index contributed by atoms with van der Waals surface area (Å²) in [5.74, 6) is 0.966. The number of hydrogen-bond donors (Lipinski definition) is 1. The number of fused-ring (bicyclic) bond motifs is 1. The van der Waals surface area contributed by atoms with Crippen LogP contribution in [0.5, 0.6) is 0 Å². The Morgan fingerprint density at radius 3 is 3.00 bits per heavy atom. The number of hydrogen-bond acceptors (Lipinski definition) is 3. The van der Waals surface area contributed by atoms with Gasteiger partial charge in [0.2, 0.25) is 0 Å². The first kappa shape index (κ1) is 18.4. The van der Waals surface area contributed by atoms with Gasteiger partial charge < -0.3 is 15.0 Å². The number of guanidine groups is 1. The Bertz CT molecular complexity index is 753. The average Bonchev–Trinajstić information content (AvgIpc) is 3.26. The van der Waals surface area contributed by atoms with Crippen LogP contribution in [0.1, 0.15) is 18.5 Å². The van der Waals surface area contributed by atoms with Gasteiger partial charge >= 0.3 is 0 Å². The maximum atomic E-state index is 5.62. The van der Waals surface area contributed by atoms with E-state index in [9.17, 15) is 0 Å². The smallest absolute Gasteiger partial charge is 0.193 e. The van der Waals surface area contributed by atoms with E-state index in [1.54, 1.807) is 0 Å². The standard InChI is InChI=1S/C19H24N4O.HI/c1-20-18(23-10-7-19(13-23)8-11-24-14-19)22-12-17-16-5-3-2-4-15(16)6-9-21-17;/h2-6,9H,7-8,10-14H2,1H3,(H,20,22);1H. The predicted molar refractivity (Wildman–Crippen MR) is 111 cm³/mol. The quantitative estimate of drug-likeness (QED) is 0.433. The summed E-state index contributed by atoms with van der Waals surface area (Å²) in [4.78, 5) is 11.4. The Labute approximate surface area is 165 Å². The van der Waals surface area contributed by atoms with E-state index in [1.165, 1.54) is 23.6 Å². The summed E-state index contributed by atoms with van der Waals surface area (Å²) in [7, 11) is 1.86. The van der Waals surface area contributed by atoms with E-state index in [0.29, 0.717) is 12.0 Å². The summed E-state index contributed by atoms with van der Waals surface area (Å²) in [6.07, 6.45) is 4.24. The Hall–Kier alpha value is -1.41. The number of benzene rings is 1. The van der Waals surface area contributed by atoms with Gasteiger partial charge in [0.05, 0.1) is 18.8 Å². The first-order valence-electron chi connectivity index (χ1n) is 8.66. The second-order valence-corrected chi connectivity index (χ2v) is 6.85. The first-order valence-corrected chi connectivity index (χ1v) is 8.66. The van der Waals surface area contributed by atoms with Gasteiger partial charge in [0, 0.05) is 43.7 Å². The molecular weight excluding hydrogens is 427 g/mol. The fourth-order valence-electron chi connectivity index (χ4n) is 3.91. The van der Waals surface area contributed by atoms with Crippen molar-refractivity contribution >= 4 is 40.7 Å². The van der Waals surface area contributed by atoms with Gasteiger partial charge in [-0.1, -0.05) is 24.3 Å². The van der Waals surface area contributed by atoms with Crippen LogP contribution in [0.25, 0.3) is 10.8 Å². The molecule has 0 saturated carbocycles. The number of halogens is 1. The van der Waals surface area contributed by atoms with Crippen LogP contribution in [0.4, 0.5) is 0 Å². The number of nitrogens with one attached hydrogen (secondary N) is 1. The van der Waals surface area contributed by atoms with E-state index in [4.69, 9.17) is 4.74 Å². The largest absolute Gasteiger partial charge is 0.381 e. The molecule has 2 saturated heterocycles. The molecule has 1 atom stereocenters. The summed E-state index contributed by atoms with van der Waals surface area (Å²) < 4.78 is 5.62. The molecule has 2 aromatic rings. The number of aliphatic imine (C=N–C) groups is 1. The molecule has 3 heterocycles. The molecule has 5 nitrogen and oxygen atoms in total. The van der Waals surface area contributed by atoms with Gasteiger partial charge in [-0.2, -0.15) is 0 Å². The lowest BCUT2D eigenvalue weighted by Crippen LogP contribution is -2.41. The van der Waals surface area contributed by atoms with Crippen molar-refractivity contribution in [2.75, 3.05) is 33.4 Å². The summed E-state index contributed by atoms with van der Waals surface area (Å²) >= 11 is 0. The molecule has 2 aliphatic heterocycles. The summed E-state index contributed by atoms with van der Waals surface area (Å²) in [6, 6.07) is 10.4. The van der Waals surface area contributed by atoms with Gasteiger partial charge in [-0.05, 0) is 24.3 Å². The van der Waals surface area contributed by atoms with Crippen LogP contribution in [-0.4, -0.2) is 49.2 Å². The van der Waals surface area contributed by atoms with Gasteiger partial charge in [0.15, 0.2) is 5.96 Å². The lowest BCUT2D eigenvalue weighted by atomic mass is 9.87. The number of nitrogens with zero attached hydrogens (tertiary/aromatic N) is 3. The first-order chi connectivity index (χ1) is 11.8. The predicted octanol–water partition coefficient (Wildman–Crippen LogP) is 3.04. The molecule has 1 aromatic carbocycles. The second-order valence-electron chi connectivity index (χ2n) is 6.85. The van der Waals surface area contributed by atoms with E-state index in [0.717, 1.165) is 38.0 Å². The van der Waals surface area contributed by atoms with Crippen molar-refractivity contribution in [3.63, 3.8) is 0 Å². The Kier molecular flexibility index (Phi) is 5.78. The van der Waals surface area contributed by atoms with E-state index in [-0.39, 0.29) is 24.0 Å². The van der Waals surface area contributed by atoms with Crippen molar-refractivity contribution in [1.82, 2.24) is 15.2 Å². The minimum Gasteiger partial charge on any atom is -0.381 e. The van der Waals surface area contributed by atoms with Crippen molar-refractivity contribution < 1.29 is 4.74 Å². The fraction of sp³-hybridized carbons (Fsp3) is 0.474. The molecule has 6 heteroatoms. The molecule has 0 bridgehead atoms. The molecule has 1 aromatic heterocycles. The van der Waals surface area contributed by atoms with Gasteiger partial charge in [0.1, 0.15) is 0 Å². The highest BCUT2D eigenvalue weighted by molar-refractivity contribution is 14.0. The minimum absolute atomic E-state index is 0. The number of rotatable bonds is 2. The number of pyridine rings is 1. The Morgan fingerprint density at radius 2 is 2.20 bits per heavy atom. The lowest BCUT2D eigenvalue weighted by Gasteiger charge is -2.25. The van der Waals surface area contributed by atoms with Gasteiger partial charge in [-0.15, -0.1) is 24.0 Å². The molecule has 1 unspecified atom stereocenters. The third-order valence-electron chi connectivity index (χ3n) is 5.30. The zero-order valence-corrected chi connectivity index (χ0v) is 16.9. The van der Waals surface area contributed by atoms with Crippen molar-refractivity contribution in [3.05, 3.63) is 42.2 Å². The fourth-order valence-corrected chi connectivity index (χ4v) is 3.91. The van der Waals surface area contributed by atoms with Crippen molar-refractivity contribution in [3.8, 4) is 0 Å². The summed E-state index contributed by atoms with van der Waals surface area (Å²) in [6.45, 7) is 4.57. The highest BCUT2D eigenvalue weighted by Gasteiger charge is 2.42. The van der Waals surface area contributed by atoms with E-state index < -0.39 is 0 Å². The maximum Gasteiger partial charge on any atom is 0.193 e. The van der Waals surface area contributed by atoms with Crippen LogP contribution in [0.15, 0.2) is 41.5 Å². The van der Waals surface area contributed by atoms with Crippen LogP contribution in [0, 0.1) is 5.41 Å². The molecular formula is C19H25IN4O. The molecule has 134 valence electrons. The molecule has 0 amide bonds. The molecule has 0 aliphatic carbocycles. The monoisotopic (exact) mass is 452 g/mol. The maximum absolute atomic E-state index is 5.62. The topological polar surface area (TPSA) is 49.8 Å². The zero-order chi connectivity index (χ0) is 16.4. The van der Waals surface area contributed by atoms with Crippen molar-refractivity contribution in [1.29, 1.82) is 0 Å². The molecule has 1 spiro atoms. The summed E-state index contributed by atoms with van der Waals surface area (Å²) in [5.41, 5.74) is 1.40. The van der Waals surface area contributed by atoms with Crippen LogP contribution < -0.4 is 5.32 Å². The van der Waals surface area contributed by atoms with Gasteiger partial charge in [-0.3, -0.25) is 9.98 Å². The third kappa shape index (κ3) is 3.74. The molecule has 2 fully saturated rings. The van der Waals surface area contributed by atoms with Gasteiger partial charge in [-0.25, -0.2) is 0 Å². The van der Waals surface area contributed by atoms with Crippen LogP contribution in [-0.2, 0) is 11.3 Å². The second kappa shape index (κ2) is 7.86. The third-order valence-corrected chi connectivity index (χ3v) is 5.30. The number of ether oxygens (including phenoxy) is 1. The van der Waals surface area contributed by atoms with Crippen molar-refractivity contribution in [2.24, 2.45) is 10.4 Å². The Balaban J connectivity index is 0.00000182. The highest BCUT2D eigenvalue weighted by Crippen LogP contribution is 2.38. The van der Waals surface area contributed by atoms with Gasteiger partial charge in [0.25, 0.3) is 0 Å². The lowest BCUT2D eigenvalue weighted by molar-refractivity contribution is 0.156. The van der Waals surface area contributed by atoms with E-state index >= 15 is 0 Å². The molecule has 25 heavy (non-hydrogen) atoms. The zero-order valence-electron chi connectivity index (χ0n) is 14.6. The minimum atomic E-state index is 0. The van der Waals surface area contributed by atoms with Crippen LogP contribution in [0.2, 0.25) is 0 Å². The van der Waals surface area contributed by atoms with Crippen LogP contribution in [0.3, 0.4) is 0 Å². The molecule has 2 aliphatic rings. The molecule has 4 rings (SSSR count). The SMILES string of the molecule is CN=C(NCc1nccc2ccccc12)N1CCC2(CCOC2)C1.I. The average molecular weight is 452 g/mol. The summed E-state index contributed by atoms with van der Waals surface area (Å²) in [5, 5.41) is 5.92. The normalized spacial score (nSPS) is 23.2. The van der Waals surface area contributed by atoms with Crippen molar-refractivity contribution in [2.45, 2.75) is 19.4 Å². The van der Waals surface area contributed by atoms with E-state index in [2.05, 4.69) is 50.5 Å². The highest BCUT2D eigenvalue weighted by atomic mass is 127. The molecule has 0 radical (unpaired) electrons. The molecule has 1 N–H and O–H groups in total. The van der Waals surface area contributed by atoms with E-state index in [1.807, 2.05) is 13.2 Å².